The lowest BCUT2D eigenvalue weighted by atomic mass is 10.00. The standard InChI is InChI=1S/C27H30O5/c1-2-3-4-5-6-7-11-21-12-8-9-13-22(21)16-18-26(28)31-32-27(29)19-17-23-14-10-15-25-24(23)20-30-25/h8-10,12-19H,2-7,11,20H2,1H3/b18-16+,19-17+. The van der Waals surface area contributed by atoms with Crippen LogP contribution >= 0.6 is 0 Å². The molecule has 0 bridgehead atoms. The van der Waals surface area contributed by atoms with Gasteiger partial charge in [0, 0.05) is 17.7 Å². The number of benzene rings is 2. The first-order chi connectivity index (χ1) is 15.7. The van der Waals surface area contributed by atoms with E-state index in [-0.39, 0.29) is 0 Å². The Kier molecular flexibility index (Phi) is 9.11. The topological polar surface area (TPSA) is 61.8 Å². The van der Waals surface area contributed by atoms with Crippen molar-refractivity contribution in [3.8, 4) is 5.75 Å². The molecule has 2 aromatic carbocycles. The van der Waals surface area contributed by atoms with Crippen molar-refractivity contribution in [1.82, 2.24) is 0 Å². The second-order valence-electron chi connectivity index (χ2n) is 7.80. The van der Waals surface area contributed by atoms with Gasteiger partial charge in [-0.1, -0.05) is 75.4 Å². The van der Waals surface area contributed by atoms with Crippen molar-refractivity contribution in [3.63, 3.8) is 0 Å². The van der Waals surface area contributed by atoms with Crippen LogP contribution in [-0.4, -0.2) is 11.9 Å². The van der Waals surface area contributed by atoms with Crippen molar-refractivity contribution in [3.05, 3.63) is 76.9 Å². The average molecular weight is 435 g/mol. The fraction of sp³-hybridized carbons (Fsp3) is 0.333. The van der Waals surface area contributed by atoms with Gasteiger partial charge in [0.25, 0.3) is 0 Å². The summed E-state index contributed by atoms with van der Waals surface area (Å²) in [5, 5.41) is 0. The minimum atomic E-state index is -0.756. The van der Waals surface area contributed by atoms with E-state index in [0.717, 1.165) is 35.3 Å². The lowest BCUT2D eigenvalue weighted by Crippen LogP contribution is -2.11. The Morgan fingerprint density at radius 1 is 0.844 bits per heavy atom. The molecule has 2 aromatic rings. The predicted octanol–water partition coefficient (Wildman–Crippen LogP) is 6.21. The summed E-state index contributed by atoms with van der Waals surface area (Å²) in [7, 11) is 0. The van der Waals surface area contributed by atoms with Gasteiger partial charge < -0.3 is 4.74 Å². The van der Waals surface area contributed by atoms with Gasteiger partial charge >= 0.3 is 11.9 Å². The maximum Gasteiger partial charge on any atom is 0.379 e. The highest BCUT2D eigenvalue weighted by Crippen LogP contribution is 2.32. The van der Waals surface area contributed by atoms with Crippen molar-refractivity contribution < 1.29 is 24.1 Å². The molecule has 1 aliphatic heterocycles. The highest BCUT2D eigenvalue weighted by molar-refractivity contribution is 5.90. The summed E-state index contributed by atoms with van der Waals surface area (Å²) in [4.78, 5) is 33.0. The molecule has 3 rings (SSSR count). The zero-order chi connectivity index (χ0) is 22.6. The monoisotopic (exact) mass is 434 g/mol. The van der Waals surface area contributed by atoms with E-state index in [2.05, 4.69) is 22.8 Å². The molecule has 0 unspecified atom stereocenters. The number of aryl methyl sites for hydroxylation is 1. The number of carbonyl (C=O) groups is 2. The fourth-order valence-electron chi connectivity index (χ4n) is 3.57. The molecule has 168 valence electrons. The Hall–Kier alpha value is -3.34. The van der Waals surface area contributed by atoms with Crippen LogP contribution in [0.25, 0.3) is 12.2 Å². The number of fused-ring (bicyclic) bond motifs is 1. The van der Waals surface area contributed by atoms with Gasteiger partial charge in [-0.15, -0.1) is 0 Å². The average Bonchev–Trinajstić information content (AvgIpc) is 2.78. The lowest BCUT2D eigenvalue weighted by molar-refractivity contribution is -0.250. The number of carbonyl (C=O) groups excluding carboxylic acids is 2. The third-order valence-electron chi connectivity index (χ3n) is 5.40. The van der Waals surface area contributed by atoms with Crippen molar-refractivity contribution >= 4 is 24.1 Å². The van der Waals surface area contributed by atoms with Crippen molar-refractivity contribution in [2.45, 2.75) is 58.5 Å². The molecule has 32 heavy (non-hydrogen) atoms. The third kappa shape index (κ3) is 7.12. The molecule has 5 nitrogen and oxygen atoms in total. The highest BCUT2D eigenvalue weighted by Gasteiger charge is 2.17. The number of hydrogen-bond donors (Lipinski definition) is 0. The van der Waals surface area contributed by atoms with Crippen molar-refractivity contribution in [2.24, 2.45) is 0 Å². The van der Waals surface area contributed by atoms with Gasteiger partial charge in [0.15, 0.2) is 0 Å². The van der Waals surface area contributed by atoms with E-state index in [0.29, 0.717) is 6.61 Å². The normalized spacial score (nSPS) is 12.3. The smallest absolute Gasteiger partial charge is 0.379 e. The van der Waals surface area contributed by atoms with Crippen LogP contribution in [0.15, 0.2) is 54.6 Å². The number of ether oxygens (including phenoxy) is 1. The molecule has 0 amide bonds. The van der Waals surface area contributed by atoms with Gasteiger partial charge in [-0.25, -0.2) is 19.4 Å². The zero-order valence-corrected chi connectivity index (χ0v) is 18.5. The van der Waals surface area contributed by atoms with Crippen molar-refractivity contribution in [2.75, 3.05) is 0 Å². The Morgan fingerprint density at radius 3 is 2.22 bits per heavy atom. The molecule has 0 atom stereocenters. The first-order valence-electron chi connectivity index (χ1n) is 11.3. The molecule has 0 radical (unpaired) electrons. The lowest BCUT2D eigenvalue weighted by Gasteiger charge is -2.21. The molecular formula is C27H30O5. The molecule has 1 aliphatic rings. The maximum atomic E-state index is 11.9. The van der Waals surface area contributed by atoms with E-state index in [1.54, 1.807) is 12.2 Å². The van der Waals surface area contributed by atoms with Gasteiger partial charge in [0.2, 0.25) is 0 Å². The van der Waals surface area contributed by atoms with Crippen LogP contribution in [0, 0.1) is 0 Å². The minimum Gasteiger partial charge on any atom is -0.488 e. The van der Waals surface area contributed by atoms with E-state index in [9.17, 15) is 9.59 Å². The second kappa shape index (κ2) is 12.5. The van der Waals surface area contributed by atoms with Crippen LogP contribution in [0.4, 0.5) is 0 Å². The summed E-state index contributed by atoms with van der Waals surface area (Å²) >= 11 is 0. The molecule has 0 spiro atoms. The molecule has 0 saturated heterocycles. The van der Waals surface area contributed by atoms with Crippen LogP contribution in [0.3, 0.4) is 0 Å². The largest absolute Gasteiger partial charge is 0.488 e. The SMILES string of the molecule is CCCCCCCCc1ccccc1/C=C/C(=O)OOC(=O)/C=C/c1cccc2c1CO2. The van der Waals surface area contributed by atoms with Crippen LogP contribution < -0.4 is 4.74 Å². The predicted molar refractivity (Wildman–Crippen MR) is 125 cm³/mol. The molecule has 0 N–H and O–H groups in total. The first kappa shape index (κ1) is 23.3. The summed E-state index contributed by atoms with van der Waals surface area (Å²) in [6, 6.07) is 13.6. The Labute approximate surface area is 189 Å². The first-order valence-corrected chi connectivity index (χ1v) is 11.3. The molecule has 0 saturated carbocycles. The van der Waals surface area contributed by atoms with Crippen molar-refractivity contribution in [1.29, 1.82) is 0 Å². The maximum absolute atomic E-state index is 11.9. The minimum absolute atomic E-state index is 0.519. The fourth-order valence-corrected chi connectivity index (χ4v) is 3.57. The molecule has 0 aliphatic carbocycles. The van der Waals surface area contributed by atoms with Crippen LogP contribution in [-0.2, 0) is 32.4 Å². The molecule has 0 aromatic heterocycles. The van der Waals surface area contributed by atoms with E-state index in [4.69, 9.17) is 4.74 Å². The van der Waals surface area contributed by atoms with Gasteiger partial charge in [0.05, 0.1) is 0 Å². The van der Waals surface area contributed by atoms with Gasteiger partial charge in [-0.3, -0.25) is 0 Å². The zero-order valence-electron chi connectivity index (χ0n) is 18.5. The van der Waals surface area contributed by atoms with E-state index in [1.807, 2.05) is 36.4 Å². The van der Waals surface area contributed by atoms with E-state index < -0.39 is 11.9 Å². The third-order valence-corrected chi connectivity index (χ3v) is 5.40. The van der Waals surface area contributed by atoms with E-state index in [1.165, 1.54) is 49.8 Å². The van der Waals surface area contributed by atoms with Gasteiger partial charge in [-0.2, -0.15) is 0 Å². The van der Waals surface area contributed by atoms with Gasteiger partial charge in [0.1, 0.15) is 12.4 Å². The Balaban J connectivity index is 1.43. The molecule has 5 heteroatoms. The Morgan fingerprint density at radius 2 is 1.50 bits per heavy atom. The highest BCUT2D eigenvalue weighted by atomic mass is 17.2. The molecular weight excluding hydrogens is 404 g/mol. The van der Waals surface area contributed by atoms with Gasteiger partial charge in [-0.05, 0) is 47.8 Å². The van der Waals surface area contributed by atoms with Crippen LogP contribution in [0.5, 0.6) is 5.75 Å². The summed E-state index contributed by atoms with van der Waals surface area (Å²) in [5.41, 5.74) is 4.07. The quantitative estimate of drug-likeness (QED) is 0.182. The number of hydrogen-bond acceptors (Lipinski definition) is 5. The van der Waals surface area contributed by atoms with Crippen LogP contribution in [0.2, 0.25) is 0 Å². The van der Waals surface area contributed by atoms with Crippen LogP contribution in [0.1, 0.15) is 67.7 Å². The summed E-state index contributed by atoms with van der Waals surface area (Å²) in [5.74, 6) is -0.680. The van der Waals surface area contributed by atoms with E-state index >= 15 is 0 Å². The number of unbranched alkanes of at least 4 members (excludes halogenated alkanes) is 5. The summed E-state index contributed by atoms with van der Waals surface area (Å²) in [6.07, 6.45) is 14.2. The number of rotatable bonds is 11. The molecule has 0 fully saturated rings. The second-order valence-corrected chi connectivity index (χ2v) is 7.80. The summed E-state index contributed by atoms with van der Waals surface area (Å²) < 4.78 is 5.29. The summed E-state index contributed by atoms with van der Waals surface area (Å²) in [6.45, 7) is 2.74. The Bertz CT molecular complexity index is 974. The molecule has 1 heterocycles.